The fraction of sp³-hybridized carbons (Fsp3) is 0.870. The van der Waals surface area contributed by atoms with Crippen LogP contribution in [-0.4, -0.2) is 187 Å². The molecule has 0 aromatic rings. The first kappa shape index (κ1) is 55.0. The maximum absolute atomic E-state index is 13.8. The van der Waals surface area contributed by atoms with Crippen LogP contribution >= 0.6 is 11.6 Å². The molecule has 0 spiro atoms. The van der Waals surface area contributed by atoms with Crippen molar-refractivity contribution in [2.24, 2.45) is 23.7 Å². The number of halogens is 1. The number of nitrogens with zero attached hydrogens (tertiary/aromatic N) is 1. The van der Waals surface area contributed by atoms with Crippen LogP contribution in [0, 0.1) is 23.7 Å². The molecule has 21 atom stereocenters. The summed E-state index contributed by atoms with van der Waals surface area (Å²) in [6.07, 6.45) is -7.81. The van der Waals surface area contributed by atoms with E-state index in [0.29, 0.717) is 19.3 Å². The van der Waals surface area contributed by atoms with Crippen molar-refractivity contribution >= 4 is 23.4 Å². The van der Waals surface area contributed by atoms with Gasteiger partial charge in [0.25, 0.3) is 0 Å². The Bertz CT molecular complexity index is 1530. The zero-order valence-electron chi connectivity index (χ0n) is 39.8. The highest BCUT2D eigenvalue weighted by atomic mass is 35.5. The zero-order chi connectivity index (χ0) is 47.8. The van der Waals surface area contributed by atoms with Gasteiger partial charge in [0.2, 0.25) is 0 Å². The van der Waals surface area contributed by atoms with E-state index in [2.05, 4.69) is 0 Å². The standard InChI is InChI=1S/C46H78ClNO16/c1-13-33-30(22-58-45-42(57-12)41(56-11)37(52)26(5)60-45)18-23(2)14-15-31(49)24(3)19-29(16-17-47)39(25(4)32(50)20-34(51)62-33)64-44-38(53)36(48(9)10)40(27(6)61-44)63-35-21-46(8,55)43(54)28(7)59-35/h14-15,18,24-30,32-33,35-45,50,52-55H,13,16-17,19-22H2,1-12H3/b15-14+,23-18+/t24-,25+,26-,27-,28+,29+,30-,32-,33-,35+,36-,37-,38-,39-,40-,41-,42-,43+,44+,45-,46-/m1/s1. The maximum atomic E-state index is 13.8. The highest BCUT2D eigenvalue weighted by Gasteiger charge is 2.52. The molecule has 64 heavy (non-hydrogen) atoms. The minimum Gasteiger partial charge on any atom is -0.462 e. The molecule has 3 fully saturated rings. The summed E-state index contributed by atoms with van der Waals surface area (Å²) in [6.45, 7) is 13.9. The van der Waals surface area contributed by atoms with Gasteiger partial charge in [-0.2, -0.15) is 0 Å². The molecule has 18 heteroatoms. The number of aliphatic hydroxyl groups is 5. The lowest BCUT2D eigenvalue weighted by Gasteiger charge is -2.50. The minimum absolute atomic E-state index is 0.0127. The van der Waals surface area contributed by atoms with Crippen molar-refractivity contribution in [2.75, 3.05) is 40.8 Å². The third-order valence-corrected chi connectivity index (χ3v) is 13.7. The summed E-state index contributed by atoms with van der Waals surface area (Å²) >= 11 is 6.41. The molecule has 4 aliphatic heterocycles. The molecule has 4 rings (SSSR count). The van der Waals surface area contributed by atoms with Gasteiger partial charge in [0.15, 0.2) is 24.7 Å². The van der Waals surface area contributed by atoms with Crippen LogP contribution in [0.2, 0.25) is 0 Å². The summed E-state index contributed by atoms with van der Waals surface area (Å²) in [7, 11) is 6.51. The first-order chi connectivity index (χ1) is 30.1. The van der Waals surface area contributed by atoms with E-state index < -0.39 is 140 Å². The summed E-state index contributed by atoms with van der Waals surface area (Å²) in [5.41, 5.74) is -0.753. The molecule has 5 N–H and O–H groups in total. The van der Waals surface area contributed by atoms with Crippen LogP contribution in [0.25, 0.3) is 0 Å². The van der Waals surface area contributed by atoms with E-state index in [0.717, 1.165) is 5.57 Å². The predicted octanol–water partition coefficient (Wildman–Crippen LogP) is 2.87. The molecular weight excluding hydrogens is 858 g/mol. The van der Waals surface area contributed by atoms with Crippen LogP contribution in [0.5, 0.6) is 0 Å². The van der Waals surface area contributed by atoms with Crippen molar-refractivity contribution in [2.45, 2.75) is 191 Å². The second kappa shape index (κ2) is 24.6. The summed E-state index contributed by atoms with van der Waals surface area (Å²) in [5, 5.41) is 55.9. The van der Waals surface area contributed by atoms with E-state index >= 15 is 0 Å². The third-order valence-electron chi connectivity index (χ3n) is 13.5. The Morgan fingerprint density at radius 1 is 0.859 bits per heavy atom. The van der Waals surface area contributed by atoms with E-state index in [1.165, 1.54) is 27.2 Å². The molecule has 370 valence electrons. The van der Waals surface area contributed by atoms with Crippen LogP contribution in [0.4, 0.5) is 0 Å². The molecule has 0 unspecified atom stereocenters. The zero-order valence-corrected chi connectivity index (χ0v) is 40.5. The molecule has 0 amide bonds. The number of carbonyl (C=O) groups excluding carboxylic acids is 2. The van der Waals surface area contributed by atoms with E-state index in [9.17, 15) is 35.1 Å². The largest absolute Gasteiger partial charge is 0.462 e. The van der Waals surface area contributed by atoms with Crippen molar-refractivity contribution in [1.82, 2.24) is 4.90 Å². The number of methoxy groups -OCH3 is 2. The lowest BCUT2D eigenvalue weighted by atomic mass is 9.79. The summed E-state index contributed by atoms with van der Waals surface area (Å²) in [6, 6.07) is -0.705. The number of likely N-dealkylation sites (N-methyl/N-ethyl adjacent to an activating group) is 1. The van der Waals surface area contributed by atoms with Gasteiger partial charge in [-0.25, -0.2) is 0 Å². The van der Waals surface area contributed by atoms with Crippen LogP contribution in [0.15, 0.2) is 23.8 Å². The first-order valence-corrected chi connectivity index (χ1v) is 23.3. The van der Waals surface area contributed by atoms with Crippen LogP contribution in [0.3, 0.4) is 0 Å². The number of carbonyl (C=O) groups is 2. The Morgan fingerprint density at radius 3 is 2.11 bits per heavy atom. The molecule has 0 aromatic carbocycles. The summed E-state index contributed by atoms with van der Waals surface area (Å²) in [4.78, 5) is 29.4. The van der Waals surface area contributed by atoms with Gasteiger partial charge in [0.1, 0.15) is 42.7 Å². The molecular formula is C46H78ClNO16. The highest BCUT2D eigenvalue weighted by molar-refractivity contribution is 6.17. The van der Waals surface area contributed by atoms with Gasteiger partial charge >= 0.3 is 5.97 Å². The Hall–Kier alpha value is -1.65. The lowest BCUT2D eigenvalue weighted by Crippen LogP contribution is -2.65. The molecule has 4 heterocycles. The Morgan fingerprint density at radius 2 is 1.52 bits per heavy atom. The lowest BCUT2D eigenvalue weighted by molar-refractivity contribution is -0.342. The monoisotopic (exact) mass is 936 g/mol. The van der Waals surface area contributed by atoms with Crippen molar-refractivity contribution in [3.8, 4) is 0 Å². The maximum Gasteiger partial charge on any atom is 0.308 e. The SMILES string of the molecule is CC[C@H]1OC(=O)C[C@@H](O)[C@H](C)[C@@H](O[C@@H]2O[C@H](C)[C@@H](O[C@H]3C[C@@](C)(O)[C@@H](O)[C@H](C)O3)[C@H](N(C)C)[C@H]2O)[C@@H](CCCl)C[C@@H](C)C(=O)/C=C/C(C)=C/[C@@H]1CO[C@@H]1O[C@H](C)[C@@H](O)[C@@H](OC)[C@H]1OC. The molecule has 17 nitrogen and oxygen atoms in total. The van der Waals surface area contributed by atoms with E-state index in [4.69, 9.17) is 54.2 Å². The number of hydrogen-bond donors (Lipinski definition) is 5. The first-order valence-electron chi connectivity index (χ1n) is 22.8. The Balaban J connectivity index is 1.62. The van der Waals surface area contributed by atoms with Crippen molar-refractivity contribution in [3.05, 3.63) is 23.8 Å². The number of cyclic esters (lactones) is 1. The molecule has 0 aliphatic carbocycles. The van der Waals surface area contributed by atoms with Crippen molar-refractivity contribution in [3.63, 3.8) is 0 Å². The molecule has 3 saturated heterocycles. The number of rotatable bonds is 13. The quantitative estimate of drug-likeness (QED) is 0.132. The Kier molecular flexibility index (Phi) is 21.1. The molecule has 0 radical (unpaired) electrons. The molecule has 0 bridgehead atoms. The van der Waals surface area contributed by atoms with Crippen molar-refractivity contribution < 1.29 is 77.8 Å². The Labute approximate surface area is 384 Å². The van der Waals surface area contributed by atoms with Crippen LogP contribution in [-0.2, 0) is 52.2 Å². The highest BCUT2D eigenvalue weighted by Crippen LogP contribution is 2.38. The fourth-order valence-corrected chi connectivity index (χ4v) is 9.86. The van der Waals surface area contributed by atoms with E-state index in [1.807, 2.05) is 26.8 Å². The van der Waals surface area contributed by atoms with E-state index in [1.54, 1.807) is 52.8 Å². The van der Waals surface area contributed by atoms with Gasteiger partial charge in [-0.1, -0.05) is 38.5 Å². The summed E-state index contributed by atoms with van der Waals surface area (Å²) < 4.78 is 55.0. The second-order valence-electron chi connectivity index (χ2n) is 18.8. The van der Waals surface area contributed by atoms with Gasteiger partial charge < -0.3 is 73.1 Å². The number of aliphatic hydroxyl groups excluding tert-OH is 4. The average molecular weight is 937 g/mol. The average Bonchev–Trinajstić information content (AvgIpc) is 3.23. The second-order valence-corrected chi connectivity index (χ2v) is 19.2. The number of esters is 1. The third kappa shape index (κ3) is 13.7. The number of hydrogen-bond acceptors (Lipinski definition) is 17. The number of alkyl halides is 1. The topological polar surface area (TPSA) is 222 Å². The fourth-order valence-electron chi connectivity index (χ4n) is 9.58. The van der Waals surface area contributed by atoms with Gasteiger partial charge in [0.05, 0.1) is 55.2 Å². The molecule has 0 saturated carbocycles. The number of allylic oxidation sites excluding steroid dienone is 3. The smallest absolute Gasteiger partial charge is 0.308 e. The number of ether oxygens (including phenoxy) is 9. The van der Waals surface area contributed by atoms with E-state index in [-0.39, 0.29) is 24.7 Å². The van der Waals surface area contributed by atoms with Gasteiger partial charge in [-0.05, 0) is 80.0 Å². The predicted molar refractivity (Wildman–Crippen MR) is 235 cm³/mol. The summed E-state index contributed by atoms with van der Waals surface area (Å²) in [5.74, 6) is -2.81. The van der Waals surface area contributed by atoms with Crippen LogP contribution < -0.4 is 0 Å². The molecule has 0 aromatic heterocycles. The minimum atomic E-state index is -1.47. The van der Waals surface area contributed by atoms with Gasteiger partial charge in [-0.3, -0.25) is 9.59 Å². The van der Waals surface area contributed by atoms with Gasteiger partial charge in [0, 0.05) is 44.3 Å². The van der Waals surface area contributed by atoms with Crippen molar-refractivity contribution in [1.29, 1.82) is 0 Å². The number of ketones is 1. The normalized spacial score (nSPS) is 46.0. The van der Waals surface area contributed by atoms with Gasteiger partial charge in [-0.15, -0.1) is 11.6 Å². The van der Waals surface area contributed by atoms with Crippen LogP contribution in [0.1, 0.15) is 87.5 Å². The molecule has 4 aliphatic rings.